The Hall–Kier alpha value is 0.480. The summed E-state index contributed by atoms with van der Waals surface area (Å²) in [6.07, 6.45) is 93.6. The summed E-state index contributed by atoms with van der Waals surface area (Å²) >= 11 is 0. The van der Waals surface area contributed by atoms with Crippen molar-refractivity contribution < 1.29 is 34.3 Å². The van der Waals surface area contributed by atoms with E-state index in [1.165, 1.54) is 372 Å². The van der Waals surface area contributed by atoms with E-state index in [9.17, 15) is 25.9 Å². The van der Waals surface area contributed by atoms with Gasteiger partial charge in [-0.05, 0) is 38.5 Å². The molecule has 0 aromatic rings. The van der Waals surface area contributed by atoms with E-state index in [0.29, 0.717) is 0 Å². The van der Waals surface area contributed by atoms with Gasteiger partial charge in [-0.1, -0.05) is 424 Å². The van der Waals surface area contributed by atoms with Crippen LogP contribution in [0.3, 0.4) is 0 Å². The molecule has 0 aromatic carbocycles. The number of allylic oxidation sites excluding steroid dienone is 2. The number of hydrogen-bond acceptors (Lipinski definition) is 8. The zero-order chi connectivity index (χ0) is 63.1. The summed E-state index contributed by atoms with van der Waals surface area (Å²) < 4.78 is 75.0. The Morgan fingerprint density at radius 2 is 0.402 bits per heavy atom. The van der Waals surface area contributed by atoms with Gasteiger partial charge in [-0.3, -0.25) is 8.37 Å². The van der Waals surface area contributed by atoms with Crippen LogP contribution in [0.1, 0.15) is 439 Å². The summed E-state index contributed by atoms with van der Waals surface area (Å²) in [4.78, 5) is 0. The van der Waals surface area contributed by atoms with Crippen LogP contribution in [-0.2, 0) is 29.2 Å². The maximum Gasteiger partial charge on any atom is 2.00 e. The molecule has 0 aliphatic rings. The Balaban J connectivity index is -0.00000160. The van der Waals surface area contributed by atoms with E-state index in [0.717, 1.165) is 38.5 Å². The molecule has 0 fully saturated rings. The molecule has 0 rings (SSSR count). The molecular formula is C76H150CaO8S2. The van der Waals surface area contributed by atoms with Crippen molar-refractivity contribution >= 4 is 58.5 Å². The van der Waals surface area contributed by atoms with Crippen molar-refractivity contribution in [2.24, 2.45) is 11.8 Å². The summed E-state index contributed by atoms with van der Waals surface area (Å²) in [6, 6.07) is 0. The molecule has 516 valence electrons. The maximum absolute atomic E-state index is 11.0. The second-order valence-electron chi connectivity index (χ2n) is 26.7. The van der Waals surface area contributed by atoms with Gasteiger partial charge < -0.3 is 9.11 Å². The van der Waals surface area contributed by atoms with Gasteiger partial charge in [0.2, 0.25) is 20.8 Å². The molecule has 2 atom stereocenters. The van der Waals surface area contributed by atoms with Crippen molar-refractivity contribution in [3.05, 3.63) is 24.3 Å². The molecule has 0 saturated carbocycles. The predicted molar refractivity (Wildman–Crippen MR) is 380 cm³/mol. The van der Waals surface area contributed by atoms with Crippen LogP contribution in [0.2, 0.25) is 0 Å². The van der Waals surface area contributed by atoms with Gasteiger partial charge in [-0.25, -0.2) is 16.8 Å². The van der Waals surface area contributed by atoms with Crippen molar-refractivity contribution in [1.82, 2.24) is 0 Å². The molecule has 0 heterocycles. The molecule has 2 unspecified atom stereocenters. The van der Waals surface area contributed by atoms with Crippen molar-refractivity contribution in [2.75, 3.05) is 13.2 Å². The van der Waals surface area contributed by atoms with Gasteiger partial charge in [0.1, 0.15) is 0 Å². The van der Waals surface area contributed by atoms with Crippen LogP contribution in [0, 0.1) is 11.8 Å². The third-order valence-corrected chi connectivity index (χ3v) is 18.8. The predicted octanol–water partition coefficient (Wildman–Crippen LogP) is 25.9. The standard InChI is InChI=1S/2C38H76O4S.Ca/c2*1-3-5-7-9-11-13-15-17-18-19-20-21-22-23-24-26-28-30-32-34-36-38(37-42-43(39,40)41)35-33-31-29-27-25-16-14-12-10-8-6-4-2;/h2*34,36,38H,3-33,35,37H2,1-2H3,(H,39,40,41);/q;;+2/p-2/b2*36-34+;. The topological polar surface area (TPSA) is 133 Å². The molecule has 8 nitrogen and oxygen atoms in total. The van der Waals surface area contributed by atoms with E-state index in [1.54, 1.807) is 0 Å². The van der Waals surface area contributed by atoms with E-state index in [4.69, 9.17) is 0 Å². The van der Waals surface area contributed by atoms with Crippen molar-refractivity contribution in [3.63, 3.8) is 0 Å². The summed E-state index contributed by atoms with van der Waals surface area (Å²) in [7, 11) is -9.25. The zero-order valence-electron chi connectivity index (χ0n) is 58.9. The fraction of sp³-hybridized carbons (Fsp3) is 0.947. The number of rotatable bonds is 72. The molecule has 0 bridgehead atoms. The summed E-state index contributed by atoms with van der Waals surface area (Å²) in [5.41, 5.74) is 0. The third kappa shape index (κ3) is 86.5. The van der Waals surface area contributed by atoms with E-state index >= 15 is 0 Å². The molecule has 0 aromatic heterocycles. The largest absolute Gasteiger partial charge is 2.00 e. The fourth-order valence-electron chi connectivity index (χ4n) is 12.2. The summed E-state index contributed by atoms with van der Waals surface area (Å²) in [5.74, 6) is 0.0322. The molecule has 0 aliphatic carbocycles. The van der Waals surface area contributed by atoms with Crippen LogP contribution < -0.4 is 0 Å². The Bertz CT molecular complexity index is 1440. The van der Waals surface area contributed by atoms with E-state index in [1.807, 2.05) is 0 Å². The number of unbranched alkanes of at least 4 members (excludes halogenated alkanes) is 58. The quantitative estimate of drug-likeness (QED) is 0.0193. The monoisotopic (exact) mass is 1300 g/mol. The molecule has 0 radical (unpaired) electrons. The van der Waals surface area contributed by atoms with Gasteiger partial charge in [0.15, 0.2) is 0 Å². The first-order chi connectivity index (χ1) is 42.0. The van der Waals surface area contributed by atoms with Crippen LogP contribution in [0.4, 0.5) is 0 Å². The minimum absolute atomic E-state index is 0. The van der Waals surface area contributed by atoms with Crippen molar-refractivity contribution in [1.29, 1.82) is 0 Å². The van der Waals surface area contributed by atoms with Crippen LogP contribution in [0.5, 0.6) is 0 Å². The summed E-state index contributed by atoms with van der Waals surface area (Å²) in [5, 5.41) is 0. The minimum atomic E-state index is -4.62. The van der Waals surface area contributed by atoms with Gasteiger partial charge >= 0.3 is 37.7 Å². The van der Waals surface area contributed by atoms with Crippen LogP contribution in [-0.4, -0.2) is 76.9 Å². The first-order valence-corrected chi connectivity index (χ1v) is 41.2. The van der Waals surface area contributed by atoms with Crippen LogP contribution >= 0.6 is 0 Å². The molecular weight excluding hydrogens is 1150 g/mol. The molecule has 0 amide bonds. The number of hydrogen-bond donors (Lipinski definition) is 0. The molecule has 87 heavy (non-hydrogen) atoms. The normalized spacial score (nSPS) is 12.8. The fourth-order valence-corrected chi connectivity index (χ4v) is 12.9. The van der Waals surface area contributed by atoms with Gasteiger partial charge in [-0.2, -0.15) is 0 Å². The van der Waals surface area contributed by atoms with Gasteiger partial charge in [0, 0.05) is 11.8 Å². The molecule has 0 spiro atoms. The first kappa shape index (κ1) is 91.7. The van der Waals surface area contributed by atoms with E-state index in [-0.39, 0.29) is 62.8 Å². The zero-order valence-corrected chi connectivity index (χ0v) is 62.8. The second kappa shape index (κ2) is 77.2. The second-order valence-corrected chi connectivity index (χ2v) is 28.8. The van der Waals surface area contributed by atoms with E-state index < -0.39 is 20.8 Å². The molecule has 0 N–H and O–H groups in total. The Morgan fingerprint density at radius 3 is 0.563 bits per heavy atom. The minimum Gasteiger partial charge on any atom is -0.726 e. The maximum atomic E-state index is 11.0. The Morgan fingerprint density at radius 1 is 0.253 bits per heavy atom. The van der Waals surface area contributed by atoms with Gasteiger partial charge in [0.05, 0.1) is 13.2 Å². The third-order valence-electron chi connectivity index (χ3n) is 18.0. The van der Waals surface area contributed by atoms with E-state index in [2.05, 4.69) is 60.4 Å². The Kier molecular flexibility index (Phi) is 81.3. The smallest absolute Gasteiger partial charge is 0.726 e. The average Bonchev–Trinajstić information content (AvgIpc) is 3.57. The average molecular weight is 1300 g/mol. The summed E-state index contributed by atoms with van der Waals surface area (Å²) in [6.45, 7) is 9.07. The SMILES string of the molecule is CCCCCCCCCCCCCCCCCCCC/C=C/C(CCCCCCCCCCCCCC)COS(=O)(=O)[O-].CCCCCCCCCCCCCCCCCCCC/C=C/C(CCCCCCCCCCCCCC)COS(=O)(=O)[O-].[Ca+2]. The first-order valence-electron chi connectivity index (χ1n) is 38.5. The van der Waals surface area contributed by atoms with Crippen molar-refractivity contribution in [3.8, 4) is 0 Å². The van der Waals surface area contributed by atoms with Gasteiger partial charge in [0.25, 0.3) is 0 Å². The van der Waals surface area contributed by atoms with Crippen LogP contribution in [0.15, 0.2) is 24.3 Å². The van der Waals surface area contributed by atoms with Crippen LogP contribution in [0.25, 0.3) is 0 Å². The Labute approximate surface area is 576 Å². The molecule has 11 heteroatoms. The molecule has 0 saturated heterocycles. The van der Waals surface area contributed by atoms with Crippen molar-refractivity contribution in [2.45, 2.75) is 439 Å². The van der Waals surface area contributed by atoms with Gasteiger partial charge in [-0.15, -0.1) is 0 Å². The molecule has 0 aliphatic heterocycles.